The fraction of sp³-hybridized carbons (Fsp3) is 0.227. The summed E-state index contributed by atoms with van der Waals surface area (Å²) in [7, 11) is 1.61. The van der Waals surface area contributed by atoms with Crippen LogP contribution in [0.4, 0.5) is 10.5 Å². The van der Waals surface area contributed by atoms with Gasteiger partial charge in [-0.15, -0.1) is 0 Å². The lowest BCUT2D eigenvalue weighted by molar-refractivity contribution is -0.122. The summed E-state index contributed by atoms with van der Waals surface area (Å²) in [6.45, 7) is 5.95. The molecule has 2 aromatic carbocycles. The minimum atomic E-state index is -0.770. The molecule has 150 valence electrons. The van der Waals surface area contributed by atoms with Crippen molar-refractivity contribution >= 4 is 45.5 Å². The molecule has 1 saturated heterocycles. The van der Waals surface area contributed by atoms with Crippen molar-refractivity contribution in [3.05, 3.63) is 63.1 Å². The molecule has 6 nitrogen and oxygen atoms in total. The van der Waals surface area contributed by atoms with Crippen molar-refractivity contribution in [3.8, 4) is 5.75 Å². The zero-order chi connectivity index (χ0) is 21.3. The molecule has 1 aliphatic rings. The van der Waals surface area contributed by atoms with E-state index in [1.54, 1.807) is 31.4 Å². The summed E-state index contributed by atoms with van der Waals surface area (Å²) in [6.07, 6.45) is 1.52. The van der Waals surface area contributed by atoms with Gasteiger partial charge in [-0.05, 0) is 72.0 Å². The summed E-state index contributed by atoms with van der Waals surface area (Å²) in [5.74, 6) is -0.428. The number of halogens is 1. The number of carbonyl (C=O) groups excluding carboxylic acids is 3. The smallest absolute Gasteiger partial charge is 0.335 e. The van der Waals surface area contributed by atoms with Crippen LogP contribution >= 0.6 is 15.9 Å². The zero-order valence-corrected chi connectivity index (χ0v) is 18.2. The molecule has 1 aliphatic heterocycles. The van der Waals surface area contributed by atoms with E-state index in [1.807, 2.05) is 32.9 Å². The number of benzene rings is 2. The number of aryl methyl sites for hydroxylation is 1. The fourth-order valence-electron chi connectivity index (χ4n) is 3.14. The van der Waals surface area contributed by atoms with Crippen molar-refractivity contribution in [3.63, 3.8) is 0 Å². The maximum absolute atomic E-state index is 13.0. The van der Waals surface area contributed by atoms with Crippen molar-refractivity contribution in [1.82, 2.24) is 5.32 Å². The lowest BCUT2D eigenvalue weighted by Gasteiger charge is -2.26. The topological polar surface area (TPSA) is 75.7 Å². The third kappa shape index (κ3) is 4.10. The highest BCUT2D eigenvalue weighted by Crippen LogP contribution is 2.31. The largest absolute Gasteiger partial charge is 0.496 e. The van der Waals surface area contributed by atoms with Gasteiger partial charge in [0.05, 0.1) is 12.8 Å². The highest BCUT2D eigenvalue weighted by atomic mass is 79.9. The van der Waals surface area contributed by atoms with E-state index in [9.17, 15) is 14.4 Å². The molecule has 29 heavy (non-hydrogen) atoms. The van der Waals surface area contributed by atoms with E-state index in [2.05, 4.69) is 21.2 Å². The summed E-state index contributed by atoms with van der Waals surface area (Å²) in [6, 6.07) is 9.72. The van der Waals surface area contributed by atoms with Crippen LogP contribution in [0, 0.1) is 6.92 Å². The predicted octanol–water partition coefficient (Wildman–Crippen LogP) is 4.56. The molecular formula is C22H21BrN2O4. The molecule has 0 aromatic heterocycles. The molecule has 0 radical (unpaired) electrons. The zero-order valence-electron chi connectivity index (χ0n) is 16.6. The van der Waals surface area contributed by atoms with Gasteiger partial charge in [0.15, 0.2) is 0 Å². The molecule has 4 amide bonds. The standard InChI is InChI=1S/C22H21BrN2O4/c1-12(2)17-10-14(13(3)9-19(17)29-4)11-18-20(26)24-22(28)25(21(18)27)16-7-5-15(23)6-8-16/h5-12H,1-4H3,(H,24,26,28)/b18-11+. The fourth-order valence-corrected chi connectivity index (χ4v) is 3.40. The van der Waals surface area contributed by atoms with Crippen molar-refractivity contribution in [2.45, 2.75) is 26.7 Å². The van der Waals surface area contributed by atoms with Crippen LogP contribution in [0.5, 0.6) is 5.75 Å². The van der Waals surface area contributed by atoms with E-state index in [4.69, 9.17) is 4.74 Å². The van der Waals surface area contributed by atoms with Gasteiger partial charge in [-0.2, -0.15) is 0 Å². The highest BCUT2D eigenvalue weighted by Gasteiger charge is 2.36. The van der Waals surface area contributed by atoms with Crippen LogP contribution in [0.15, 0.2) is 46.4 Å². The monoisotopic (exact) mass is 456 g/mol. The Morgan fingerprint density at radius 3 is 2.34 bits per heavy atom. The first kappa shape index (κ1) is 20.8. The van der Waals surface area contributed by atoms with Gasteiger partial charge in [0.2, 0.25) is 0 Å². The second-order valence-electron chi connectivity index (χ2n) is 7.04. The summed E-state index contributed by atoms with van der Waals surface area (Å²) >= 11 is 3.32. The Labute approximate surface area is 177 Å². The Morgan fingerprint density at radius 1 is 1.10 bits per heavy atom. The number of barbiturate groups is 1. The number of amides is 4. The number of ether oxygens (including phenoxy) is 1. The van der Waals surface area contributed by atoms with Crippen LogP contribution < -0.4 is 15.0 Å². The number of nitrogens with zero attached hydrogens (tertiary/aromatic N) is 1. The van der Waals surface area contributed by atoms with E-state index in [0.29, 0.717) is 5.69 Å². The third-order valence-corrected chi connectivity index (χ3v) is 5.26. The molecule has 0 saturated carbocycles. The third-order valence-electron chi connectivity index (χ3n) is 4.73. The van der Waals surface area contributed by atoms with Gasteiger partial charge in [-0.25, -0.2) is 9.69 Å². The number of anilines is 1. The summed E-state index contributed by atoms with van der Waals surface area (Å²) in [4.78, 5) is 38.7. The van der Waals surface area contributed by atoms with E-state index in [0.717, 1.165) is 31.8 Å². The molecule has 1 N–H and O–H groups in total. The van der Waals surface area contributed by atoms with Crippen molar-refractivity contribution < 1.29 is 19.1 Å². The molecule has 0 bridgehead atoms. The SMILES string of the molecule is COc1cc(C)c(/C=C2\C(=O)NC(=O)N(c3ccc(Br)cc3)C2=O)cc1C(C)C. The number of rotatable bonds is 4. The molecule has 2 aromatic rings. The van der Waals surface area contributed by atoms with Crippen LogP contribution in [-0.2, 0) is 9.59 Å². The van der Waals surface area contributed by atoms with Crippen molar-refractivity contribution in [2.24, 2.45) is 0 Å². The van der Waals surface area contributed by atoms with Crippen LogP contribution in [0.1, 0.15) is 36.5 Å². The molecule has 0 atom stereocenters. The number of hydrogen-bond acceptors (Lipinski definition) is 4. The second-order valence-corrected chi connectivity index (χ2v) is 7.96. The van der Waals surface area contributed by atoms with Gasteiger partial charge in [0.25, 0.3) is 11.8 Å². The van der Waals surface area contributed by atoms with Crippen molar-refractivity contribution in [2.75, 3.05) is 12.0 Å². The Kier molecular flexibility index (Phi) is 5.88. The Hall–Kier alpha value is -2.93. The number of carbonyl (C=O) groups is 3. The van der Waals surface area contributed by atoms with Crippen LogP contribution in [0.2, 0.25) is 0 Å². The Morgan fingerprint density at radius 2 is 1.76 bits per heavy atom. The number of methoxy groups -OCH3 is 1. The summed E-state index contributed by atoms with van der Waals surface area (Å²) in [5.41, 5.74) is 2.82. The van der Waals surface area contributed by atoms with Gasteiger partial charge < -0.3 is 4.74 Å². The first-order valence-corrected chi connectivity index (χ1v) is 9.87. The molecule has 0 spiro atoms. The Balaban J connectivity index is 2.07. The van der Waals surface area contributed by atoms with Gasteiger partial charge in [0, 0.05) is 4.47 Å². The minimum Gasteiger partial charge on any atom is -0.496 e. The first-order valence-electron chi connectivity index (χ1n) is 9.08. The molecule has 3 rings (SSSR count). The van der Waals surface area contributed by atoms with E-state index < -0.39 is 17.8 Å². The van der Waals surface area contributed by atoms with Crippen LogP contribution in [0.25, 0.3) is 6.08 Å². The number of urea groups is 1. The second kappa shape index (κ2) is 8.21. The van der Waals surface area contributed by atoms with E-state index >= 15 is 0 Å². The highest BCUT2D eigenvalue weighted by molar-refractivity contribution is 9.10. The van der Waals surface area contributed by atoms with E-state index in [1.165, 1.54) is 6.08 Å². The summed E-state index contributed by atoms with van der Waals surface area (Å²) < 4.78 is 6.26. The Bertz CT molecular complexity index is 1030. The molecule has 1 heterocycles. The van der Waals surface area contributed by atoms with Gasteiger partial charge in [-0.3, -0.25) is 14.9 Å². The van der Waals surface area contributed by atoms with Crippen LogP contribution in [-0.4, -0.2) is 25.0 Å². The average molecular weight is 457 g/mol. The quantitative estimate of drug-likeness (QED) is 0.540. The number of imide groups is 2. The van der Waals surface area contributed by atoms with Gasteiger partial charge in [-0.1, -0.05) is 29.8 Å². The lowest BCUT2D eigenvalue weighted by atomic mass is 9.95. The van der Waals surface area contributed by atoms with Gasteiger partial charge >= 0.3 is 6.03 Å². The van der Waals surface area contributed by atoms with Gasteiger partial charge in [0.1, 0.15) is 11.3 Å². The normalized spacial score (nSPS) is 15.9. The number of nitrogens with one attached hydrogen (secondary N) is 1. The maximum atomic E-state index is 13.0. The predicted molar refractivity (Wildman–Crippen MR) is 115 cm³/mol. The molecule has 1 fully saturated rings. The first-order chi connectivity index (χ1) is 13.7. The minimum absolute atomic E-state index is 0.101. The van der Waals surface area contributed by atoms with E-state index in [-0.39, 0.29) is 11.5 Å². The van der Waals surface area contributed by atoms with Crippen LogP contribution in [0.3, 0.4) is 0 Å². The maximum Gasteiger partial charge on any atom is 0.335 e. The molecule has 0 aliphatic carbocycles. The molecule has 7 heteroatoms. The summed E-state index contributed by atoms with van der Waals surface area (Å²) in [5, 5.41) is 2.25. The molecule has 0 unspecified atom stereocenters. The average Bonchev–Trinajstić information content (AvgIpc) is 2.67. The van der Waals surface area contributed by atoms with Crippen molar-refractivity contribution in [1.29, 1.82) is 0 Å². The lowest BCUT2D eigenvalue weighted by Crippen LogP contribution is -2.54. The molecular weight excluding hydrogens is 436 g/mol. The number of hydrogen-bond donors (Lipinski definition) is 1.